The van der Waals surface area contributed by atoms with E-state index in [2.05, 4.69) is 39.9 Å². The lowest BCUT2D eigenvalue weighted by Gasteiger charge is -2.07. The zero-order valence-corrected chi connectivity index (χ0v) is 17.2. The van der Waals surface area contributed by atoms with Gasteiger partial charge in [-0.25, -0.2) is 4.39 Å². The van der Waals surface area contributed by atoms with Gasteiger partial charge in [0, 0.05) is 24.5 Å². The zero-order valence-electron chi connectivity index (χ0n) is 16.4. The molecule has 8 heteroatoms. The Hall–Kier alpha value is -3.52. The van der Waals surface area contributed by atoms with Gasteiger partial charge in [0.05, 0.1) is 13.1 Å². The number of benzene rings is 2. The topological polar surface area (TPSA) is 59.7 Å². The molecule has 2 aromatic heterocycles. The van der Waals surface area contributed by atoms with Crippen LogP contribution in [-0.2, 0) is 13.1 Å². The third kappa shape index (κ3) is 5.09. The van der Waals surface area contributed by atoms with E-state index in [0.717, 1.165) is 5.56 Å². The predicted molar refractivity (Wildman–Crippen MR) is 120 cm³/mol. The molecular weight excluding hydrogens is 399 g/mol. The fourth-order valence-electron chi connectivity index (χ4n) is 3.08. The molecule has 0 radical (unpaired) electrons. The smallest absolute Gasteiger partial charge is 0.177 e. The van der Waals surface area contributed by atoms with Crippen molar-refractivity contribution in [1.29, 1.82) is 0 Å². The van der Waals surface area contributed by atoms with Gasteiger partial charge in [0.25, 0.3) is 0 Å². The van der Waals surface area contributed by atoms with Gasteiger partial charge in [-0.3, -0.25) is 9.36 Å². The summed E-state index contributed by atoms with van der Waals surface area (Å²) in [6.45, 7) is 3.26. The molecule has 0 amide bonds. The number of nitrogens with zero attached hydrogens (tertiary/aromatic N) is 4. The lowest BCUT2D eigenvalue weighted by atomic mass is 10.1. The van der Waals surface area contributed by atoms with E-state index in [1.165, 1.54) is 23.3 Å². The van der Waals surface area contributed by atoms with Crippen LogP contribution in [0.1, 0.15) is 16.7 Å². The first-order valence-corrected chi connectivity index (χ1v) is 9.90. The standard InChI is InChI=1S/C22H21FN6S/c1-16-5-2-3-7-18(16)15-29-12-10-21(27-29)25-22(30)24-20-9-11-28(26-20)14-17-6-4-8-19(23)13-17/h2-13H,14-15H2,1H3,(H2,24,25,26,27,30). The van der Waals surface area contributed by atoms with Crippen LogP contribution in [0.2, 0.25) is 0 Å². The maximum absolute atomic E-state index is 13.3. The lowest BCUT2D eigenvalue weighted by molar-refractivity contribution is 0.619. The maximum Gasteiger partial charge on any atom is 0.177 e. The van der Waals surface area contributed by atoms with E-state index in [4.69, 9.17) is 12.2 Å². The van der Waals surface area contributed by atoms with Crippen LogP contribution < -0.4 is 10.6 Å². The number of rotatable bonds is 6. The Kier molecular flexibility index (Phi) is 5.85. The summed E-state index contributed by atoms with van der Waals surface area (Å²) < 4.78 is 16.9. The molecule has 0 bridgehead atoms. The molecule has 2 heterocycles. The number of thiocarbonyl (C=S) groups is 1. The molecule has 0 fully saturated rings. The van der Waals surface area contributed by atoms with Gasteiger partial charge in [0.15, 0.2) is 16.7 Å². The Labute approximate surface area is 179 Å². The summed E-state index contributed by atoms with van der Waals surface area (Å²) >= 11 is 5.36. The molecule has 0 aliphatic heterocycles. The first-order valence-electron chi connectivity index (χ1n) is 9.49. The molecule has 0 spiro atoms. The predicted octanol–water partition coefficient (Wildman–Crippen LogP) is 4.43. The zero-order chi connectivity index (χ0) is 20.9. The Balaban J connectivity index is 1.32. The molecule has 0 aliphatic rings. The molecule has 4 rings (SSSR count). The van der Waals surface area contributed by atoms with Gasteiger partial charge in [-0.1, -0.05) is 36.4 Å². The summed E-state index contributed by atoms with van der Waals surface area (Å²) in [5.74, 6) is 0.994. The summed E-state index contributed by atoms with van der Waals surface area (Å²) in [4.78, 5) is 0. The van der Waals surface area contributed by atoms with E-state index in [9.17, 15) is 4.39 Å². The molecule has 4 aromatic rings. The quantitative estimate of drug-likeness (QED) is 0.452. The van der Waals surface area contributed by atoms with Crippen molar-refractivity contribution in [3.8, 4) is 0 Å². The normalized spacial score (nSPS) is 10.7. The van der Waals surface area contributed by atoms with Crippen molar-refractivity contribution in [2.24, 2.45) is 0 Å². The lowest BCUT2D eigenvalue weighted by Crippen LogP contribution is -2.20. The summed E-state index contributed by atoms with van der Waals surface area (Å²) in [6, 6.07) is 18.4. The van der Waals surface area contributed by atoms with Crippen LogP contribution in [0, 0.1) is 12.7 Å². The van der Waals surface area contributed by atoms with Crippen LogP contribution in [0.5, 0.6) is 0 Å². The largest absolute Gasteiger partial charge is 0.316 e. The maximum atomic E-state index is 13.3. The van der Waals surface area contributed by atoms with E-state index in [0.29, 0.717) is 29.8 Å². The van der Waals surface area contributed by atoms with Gasteiger partial charge in [-0.05, 0) is 48.0 Å². The van der Waals surface area contributed by atoms with Gasteiger partial charge >= 0.3 is 0 Å². The minimum Gasteiger partial charge on any atom is -0.316 e. The molecule has 30 heavy (non-hydrogen) atoms. The van der Waals surface area contributed by atoms with Crippen molar-refractivity contribution in [3.05, 3.63) is 95.6 Å². The van der Waals surface area contributed by atoms with Gasteiger partial charge in [0.1, 0.15) is 5.82 Å². The van der Waals surface area contributed by atoms with Crippen LogP contribution in [0.3, 0.4) is 0 Å². The van der Waals surface area contributed by atoms with Crippen LogP contribution in [-0.4, -0.2) is 24.7 Å². The molecule has 6 nitrogen and oxygen atoms in total. The SMILES string of the molecule is Cc1ccccc1Cn1ccc(NC(=S)Nc2ccn(Cc3cccc(F)c3)n2)n1. The van der Waals surface area contributed by atoms with Gasteiger partial charge in [-0.2, -0.15) is 10.2 Å². The van der Waals surface area contributed by atoms with Crippen LogP contribution in [0.4, 0.5) is 16.0 Å². The molecule has 0 saturated heterocycles. The first-order chi connectivity index (χ1) is 14.5. The summed E-state index contributed by atoms with van der Waals surface area (Å²) in [5, 5.41) is 15.4. The molecular formula is C22H21FN6S. The number of hydrogen-bond acceptors (Lipinski definition) is 3. The minimum absolute atomic E-state index is 0.259. The Morgan fingerprint density at radius 1 is 0.900 bits per heavy atom. The van der Waals surface area contributed by atoms with Crippen molar-refractivity contribution in [2.45, 2.75) is 20.0 Å². The number of hydrogen-bond donors (Lipinski definition) is 2. The highest BCUT2D eigenvalue weighted by molar-refractivity contribution is 7.80. The summed E-state index contributed by atoms with van der Waals surface area (Å²) in [7, 11) is 0. The number of anilines is 2. The fraction of sp³-hybridized carbons (Fsp3) is 0.136. The molecule has 0 atom stereocenters. The molecule has 152 valence electrons. The van der Waals surface area contributed by atoms with Crippen LogP contribution in [0.25, 0.3) is 0 Å². The number of aromatic nitrogens is 4. The van der Waals surface area contributed by atoms with Gasteiger partial charge in [0.2, 0.25) is 0 Å². The molecule has 0 saturated carbocycles. The molecule has 0 unspecified atom stereocenters. The highest BCUT2D eigenvalue weighted by atomic mass is 32.1. The van der Waals surface area contributed by atoms with E-state index >= 15 is 0 Å². The number of aryl methyl sites for hydroxylation is 1. The monoisotopic (exact) mass is 420 g/mol. The third-order valence-corrected chi connectivity index (χ3v) is 4.80. The minimum atomic E-state index is -0.259. The van der Waals surface area contributed by atoms with Gasteiger partial charge in [-0.15, -0.1) is 0 Å². The first kappa shape index (κ1) is 19.8. The van der Waals surface area contributed by atoms with E-state index in [1.54, 1.807) is 10.7 Å². The summed E-state index contributed by atoms with van der Waals surface area (Å²) in [5.41, 5.74) is 3.29. The van der Waals surface area contributed by atoms with Crippen LogP contribution >= 0.6 is 12.2 Å². The van der Waals surface area contributed by atoms with E-state index < -0.39 is 0 Å². The Morgan fingerprint density at radius 3 is 2.23 bits per heavy atom. The Morgan fingerprint density at radius 2 is 1.57 bits per heavy atom. The van der Waals surface area contributed by atoms with Crippen molar-refractivity contribution in [1.82, 2.24) is 19.6 Å². The van der Waals surface area contributed by atoms with E-state index in [1.807, 2.05) is 47.4 Å². The molecule has 2 aromatic carbocycles. The van der Waals surface area contributed by atoms with Crippen molar-refractivity contribution >= 4 is 29.0 Å². The second kappa shape index (κ2) is 8.87. The highest BCUT2D eigenvalue weighted by Crippen LogP contribution is 2.12. The molecule has 0 aliphatic carbocycles. The third-order valence-electron chi connectivity index (χ3n) is 4.59. The second-order valence-electron chi connectivity index (χ2n) is 6.93. The fourth-order valence-corrected chi connectivity index (χ4v) is 3.29. The average Bonchev–Trinajstić information content (AvgIpc) is 3.33. The Bertz CT molecular complexity index is 1170. The number of nitrogens with one attached hydrogen (secondary N) is 2. The van der Waals surface area contributed by atoms with Crippen molar-refractivity contribution in [3.63, 3.8) is 0 Å². The van der Waals surface area contributed by atoms with Gasteiger partial charge < -0.3 is 10.6 Å². The van der Waals surface area contributed by atoms with E-state index in [-0.39, 0.29) is 5.82 Å². The highest BCUT2D eigenvalue weighted by Gasteiger charge is 2.06. The summed E-state index contributed by atoms with van der Waals surface area (Å²) in [6.07, 6.45) is 3.72. The van der Waals surface area contributed by atoms with Crippen LogP contribution in [0.15, 0.2) is 73.1 Å². The van der Waals surface area contributed by atoms with Crippen molar-refractivity contribution in [2.75, 3.05) is 10.6 Å². The average molecular weight is 421 g/mol. The van der Waals surface area contributed by atoms with Crippen molar-refractivity contribution < 1.29 is 4.39 Å². The second-order valence-corrected chi connectivity index (χ2v) is 7.34. The molecule has 2 N–H and O–H groups in total. The number of halogens is 1.